The zero-order valence-corrected chi connectivity index (χ0v) is 19.9. The van der Waals surface area contributed by atoms with Gasteiger partial charge in [-0.05, 0) is 23.3 Å². The van der Waals surface area contributed by atoms with Crippen LogP contribution in [0.5, 0.6) is 17.2 Å². The average molecular weight is 515 g/mol. The molecule has 7 nitrogen and oxygen atoms in total. The molecule has 0 saturated heterocycles. The summed E-state index contributed by atoms with van der Waals surface area (Å²) in [5.74, 6) is 2.48. The molecule has 0 radical (unpaired) electrons. The number of aliphatic imine (C=N–C) groups is 1. The fourth-order valence-corrected chi connectivity index (χ4v) is 2.84. The minimum atomic E-state index is -0.0686. The Morgan fingerprint density at radius 1 is 0.931 bits per heavy atom. The van der Waals surface area contributed by atoms with Gasteiger partial charge in [-0.3, -0.25) is 4.99 Å². The molecular weight excluding hydrogens is 485 g/mol. The lowest BCUT2D eigenvalue weighted by molar-refractivity contribution is 0.106. The molecule has 0 aliphatic heterocycles. The molecule has 0 spiro atoms. The minimum Gasteiger partial charge on any atom is -0.493 e. The summed E-state index contributed by atoms with van der Waals surface area (Å²) in [6.45, 7) is 1.13. The van der Waals surface area contributed by atoms with Gasteiger partial charge >= 0.3 is 0 Å². The summed E-state index contributed by atoms with van der Waals surface area (Å²) in [4.78, 5) is 4.27. The Hall–Kier alpha value is -2.20. The molecule has 2 aromatic rings. The Morgan fingerprint density at radius 3 is 2.03 bits per heavy atom. The maximum atomic E-state index is 5.59. The standard InChI is InChI=1S/C21H29N3O4.HI/c1-22-21(24-14-19(27-4)16-9-7-6-8-10-16)23-13-15-11-17(25-2)20(28-5)18(12-15)26-3;/h6-12,19H,13-14H2,1-5H3,(H2,22,23,24);1H. The number of hydrogen-bond acceptors (Lipinski definition) is 5. The second-order valence-electron chi connectivity index (χ2n) is 5.98. The molecule has 1 unspecified atom stereocenters. The first-order valence-corrected chi connectivity index (χ1v) is 8.97. The van der Waals surface area contributed by atoms with Crippen LogP contribution in [0.15, 0.2) is 47.5 Å². The van der Waals surface area contributed by atoms with E-state index in [0.717, 1.165) is 11.1 Å². The van der Waals surface area contributed by atoms with Crippen LogP contribution in [0.3, 0.4) is 0 Å². The lowest BCUT2D eigenvalue weighted by atomic mass is 10.1. The Bertz CT molecular complexity index is 747. The first kappa shape index (κ1) is 24.8. The van der Waals surface area contributed by atoms with Gasteiger partial charge in [-0.2, -0.15) is 0 Å². The monoisotopic (exact) mass is 515 g/mol. The highest BCUT2D eigenvalue weighted by atomic mass is 127. The van der Waals surface area contributed by atoms with Crippen LogP contribution in [0, 0.1) is 0 Å². The van der Waals surface area contributed by atoms with E-state index in [4.69, 9.17) is 18.9 Å². The van der Waals surface area contributed by atoms with Gasteiger partial charge in [-0.15, -0.1) is 24.0 Å². The van der Waals surface area contributed by atoms with Crippen molar-refractivity contribution in [3.63, 3.8) is 0 Å². The zero-order valence-electron chi connectivity index (χ0n) is 17.5. The third-order valence-corrected chi connectivity index (χ3v) is 4.32. The van der Waals surface area contributed by atoms with Crippen molar-refractivity contribution in [1.29, 1.82) is 0 Å². The van der Waals surface area contributed by atoms with Crippen LogP contribution in [0.1, 0.15) is 17.2 Å². The van der Waals surface area contributed by atoms with E-state index in [9.17, 15) is 0 Å². The highest BCUT2D eigenvalue weighted by molar-refractivity contribution is 14.0. The molecule has 0 aliphatic carbocycles. The maximum absolute atomic E-state index is 5.59. The molecule has 0 bridgehead atoms. The Balaban J connectivity index is 0.00000420. The van der Waals surface area contributed by atoms with E-state index in [0.29, 0.717) is 36.3 Å². The number of halogens is 1. The highest BCUT2D eigenvalue weighted by Crippen LogP contribution is 2.38. The van der Waals surface area contributed by atoms with Crippen molar-refractivity contribution in [2.75, 3.05) is 42.0 Å². The van der Waals surface area contributed by atoms with Gasteiger partial charge in [-0.1, -0.05) is 30.3 Å². The molecule has 0 aromatic heterocycles. The molecule has 0 aliphatic rings. The van der Waals surface area contributed by atoms with Crippen molar-refractivity contribution in [2.24, 2.45) is 4.99 Å². The highest BCUT2D eigenvalue weighted by Gasteiger charge is 2.14. The Kier molecular flexibility index (Phi) is 11.2. The third-order valence-electron chi connectivity index (χ3n) is 4.32. The van der Waals surface area contributed by atoms with Gasteiger partial charge in [0.1, 0.15) is 0 Å². The number of rotatable bonds is 9. The summed E-state index contributed by atoms with van der Waals surface area (Å²) in [5.41, 5.74) is 2.08. The lowest BCUT2D eigenvalue weighted by Crippen LogP contribution is -2.39. The lowest BCUT2D eigenvalue weighted by Gasteiger charge is -2.19. The van der Waals surface area contributed by atoms with Gasteiger partial charge in [0.25, 0.3) is 0 Å². The molecule has 29 heavy (non-hydrogen) atoms. The summed E-state index contributed by atoms with van der Waals surface area (Å²) in [5, 5.41) is 6.58. The minimum absolute atomic E-state index is 0. The molecule has 8 heteroatoms. The molecule has 2 N–H and O–H groups in total. The quantitative estimate of drug-likeness (QED) is 0.303. The number of hydrogen-bond donors (Lipinski definition) is 2. The van der Waals surface area contributed by atoms with E-state index in [1.807, 2.05) is 42.5 Å². The fraction of sp³-hybridized carbons (Fsp3) is 0.381. The van der Waals surface area contributed by atoms with Crippen molar-refractivity contribution in [2.45, 2.75) is 12.6 Å². The molecule has 0 amide bonds. The number of ether oxygens (including phenoxy) is 4. The number of benzene rings is 2. The average Bonchev–Trinajstić information content (AvgIpc) is 2.75. The first-order chi connectivity index (χ1) is 13.7. The number of methoxy groups -OCH3 is 4. The van der Waals surface area contributed by atoms with Crippen molar-refractivity contribution in [3.8, 4) is 17.2 Å². The van der Waals surface area contributed by atoms with E-state index >= 15 is 0 Å². The van der Waals surface area contributed by atoms with Gasteiger partial charge in [0.2, 0.25) is 5.75 Å². The number of nitrogens with one attached hydrogen (secondary N) is 2. The predicted molar refractivity (Wildman–Crippen MR) is 126 cm³/mol. The Morgan fingerprint density at radius 2 is 1.55 bits per heavy atom. The molecule has 2 aromatic carbocycles. The largest absolute Gasteiger partial charge is 0.493 e. The molecule has 160 valence electrons. The van der Waals surface area contributed by atoms with Gasteiger partial charge in [0.05, 0.1) is 27.4 Å². The molecule has 2 rings (SSSR count). The summed E-state index contributed by atoms with van der Waals surface area (Å²) < 4.78 is 21.7. The predicted octanol–water partition coefficient (Wildman–Crippen LogP) is 3.38. The van der Waals surface area contributed by atoms with Gasteiger partial charge < -0.3 is 29.6 Å². The van der Waals surface area contributed by atoms with Crippen molar-refractivity contribution in [3.05, 3.63) is 53.6 Å². The summed E-state index contributed by atoms with van der Waals surface area (Å²) in [6, 6.07) is 13.9. The number of guanidine groups is 1. The molecule has 1 atom stereocenters. The molecule has 0 heterocycles. The molecule has 0 saturated carbocycles. The van der Waals surface area contributed by atoms with Crippen molar-refractivity contribution < 1.29 is 18.9 Å². The van der Waals surface area contributed by atoms with Crippen LogP contribution in [0.4, 0.5) is 0 Å². The van der Waals surface area contributed by atoms with Crippen LogP contribution in [-0.4, -0.2) is 48.0 Å². The molecule has 0 fully saturated rings. The van der Waals surface area contributed by atoms with E-state index < -0.39 is 0 Å². The van der Waals surface area contributed by atoms with Gasteiger partial charge in [-0.25, -0.2) is 0 Å². The normalized spacial score (nSPS) is 11.8. The van der Waals surface area contributed by atoms with Crippen LogP contribution in [-0.2, 0) is 11.3 Å². The summed E-state index contributed by atoms with van der Waals surface area (Å²) >= 11 is 0. The SMILES string of the molecule is CN=C(NCc1cc(OC)c(OC)c(OC)c1)NCC(OC)c1ccccc1.I. The third kappa shape index (κ3) is 6.97. The Labute approximate surface area is 189 Å². The second kappa shape index (κ2) is 13.1. The fourth-order valence-electron chi connectivity index (χ4n) is 2.84. The zero-order chi connectivity index (χ0) is 20.4. The summed E-state index contributed by atoms with van der Waals surface area (Å²) in [7, 11) is 8.22. The number of nitrogens with zero attached hydrogens (tertiary/aromatic N) is 1. The first-order valence-electron chi connectivity index (χ1n) is 8.97. The van der Waals surface area contributed by atoms with E-state index in [-0.39, 0.29) is 30.1 Å². The van der Waals surface area contributed by atoms with Crippen molar-refractivity contribution >= 4 is 29.9 Å². The smallest absolute Gasteiger partial charge is 0.203 e. The maximum Gasteiger partial charge on any atom is 0.203 e. The van der Waals surface area contributed by atoms with Gasteiger partial charge in [0, 0.05) is 27.2 Å². The van der Waals surface area contributed by atoms with Crippen LogP contribution in [0.2, 0.25) is 0 Å². The van der Waals surface area contributed by atoms with E-state index in [1.54, 1.807) is 35.5 Å². The second-order valence-corrected chi connectivity index (χ2v) is 5.98. The van der Waals surface area contributed by atoms with E-state index in [2.05, 4.69) is 15.6 Å². The van der Waals surface area contributed by atoms with E-state index in [1.165, 1.54) is 0 Å². The van der Waals surface area contributed by atoms with Crippen LogP contribution < -0.4 is 24.8 Å². The van der Waals surface area contributed by atoms with Crippen molar-refractivity contribution in [1.82, 2.24) is 10.6 Å². The van der Waals surface area contributed by atoms with Gasteiger partial charge in [0.15, 0.2) is 17.5 Å². The molecular formula is C21H30IN3O4. The topological polar surface area (TPSA) is 73.3 Å². The summed E-state index contributed by atoms with van der Waals surface area (Å²) in [6.07, 6.45) is -0.0686. The van der Waals surface area contributed by atoms with Crippen LogP contribution >= 0.6 is 24.0 Å². The van der Waals surface area contributed by atoms with Crippen LogP contribution in [0.25, 0.3) is 0 Å².